The maximum atomic E-state index is 11.6. The van der Waals surface area contributed by atoms with Crippen LogP contribution in [0.3, 0.4) is 0 Å². The van der Waals surface area contributed by atoms with Gasteiger partial charge in [0.25, 0.3) is 5.91 Å². The van der Waals surface area contributed by atoms with Crippen LogP contribution in [0.15, 0.2) is 42.6 Å². The van der Waals surface area contributed by atoms with E-state index >= 15 is 0 Å². The minimum atomic E-state index is -1.01. The molecule has 1 amide bonds. The number of nitrogens with two attached hydrogens (primary N) is 1. The zero-order valence-corrected chi connectivity index (χ0v) is 9.83. The number of nitrogens with zero attached hydrogens (tertiary/aromatic N) is 1. The van der Waals surface area contributed by atoms with E-state index in [4.69, 9.17) is 10.8 Å². The van der Waals surface area contributed by atoms with Gasteiger partial charge in [0.15, 0.2) is 0 Å². The molecule has 2 heterocycles. The van der Waals surface area contributed by atoms with Crippen molar-refractivity contribution in [2.45, 2.75) is 0 Å². The van der Waals surface area contributed by atoms with Crippen LogP contribution in [0.25, 0.3) is 16.4 Å². The fourth-order valence-electron chi connectivity index (χ4n) is 2.32. The molecule has 0 atom stereocenters. The van der Waals surface area contributed by atoms with Gasteiger partial charge in [-0.05, 0) is 18.2 Å². The molecular weight excluding hydrogens is 244 g/mol. The molecule has 0 radical (unpaired) electrons. The summed E-state index contributed by atoms with van der Waals surface area (Å²) >= 11 is 0. The number of fused-ring (bicyclic) bond motifs is 3. The molecule has 3 N–H and O–H groups in total. The van der Waals surface area contributed by atoms with Crippen molar-refractivity contribution in [1.82, 2.24) is 4.40 Å². The van der Waals surface area contributed by atoms with E-state index in [-0.39, 0.29) is 5.56 Å². The van der Waals surface area contributed by atoms with Crippen molar-refractivity contribution in [3.8, 4) is 0 Å². The van der Waals surface area contributed by atoms with E-state index in [1.807, 2.05) is 18.2 Å². The first-order valence-electron chi connectivity index (χ1n) is 5.65. The first-order valence-corrected chi connectivity index (χ1v) is 5.65. The van der Waals surface area contributed by atoms with Gasteiger partial charge in [0.2, 0.25) is 0 Å². The number of aromatic carboxylic acids is 1. The number of para-hydroxylation sites is 1. The SMILES string of the molecule is NC(=O)c1c2ccccc2n2cc(C(=O)O)ccc12. The third-order valence-electron chi connectivity index (χ3n) is 3.13. The van der Waals surface area contributed by atoms with Gasteiger partial charge in [0.05, 0.1) is 22.2 Å². The monoisotopic (exact) mass is 254 g/mol. The standard InChI is InChI=1S/C14H10N2O3/c15-13(17)12-9-3-1-2-4-10(9)16-7-8(14(18)19)5-6-11(12)16/h1-7H,(H2,15,17)(H,18,19). The van der Waals surface area contributed by atoms with Gasteiger partial charge in [0.1, 0.15) is 0 Å². The summed E-state index contributed by atoms with van der Waals surface area (Å²) in [5.74, 6) is -1.54. The molecule has 1 aromatic carbocycles. The Morgan fingerprint density at radius 2 is 1.79 bits per heavy atom. The average Bonchev–Trinajstić information content (AvgIpc) is 2.72. The van der Waals surface area contributed by atoms with E-state index < -0.39 is 11.9 Å². The zero-order chi connectivity index (χ0) is 13.6. The van der Waals surface area contributed by atoms with Crippen LogP contribution in [0.1, 0.15) is 20.7 Å². The van der Waals surface area contributed by atoms with Crippen LogP contribution in [-0.4, -0.2) is 21.4 Å². The second kappa shape index (κ2) is 3.84. The number of aromatic nitrogens is 1. The van der Waals surface area contributed by atoms with Crippen molar-refractivity contribution < 1.29 is 14.7 Å². The number of amides is 1. The van der Waals surface area contributed by atoms with Crippen LogP contribution < -0.4 is 5.73 Å². The van der Waals surface area contributed by atoms with Gasteiger partial charge in [0, 0.05) is 11.6 Å². The van der Waals surface area contributed by atoms with E-state index in [0.29, 0.717) is 11.1 Å². The van der Waals surface area contributed by atoms with Gasteiger partial charge in [-0.2, -0.15) is 0 Å². The van der Waals surface area contributed by atoms with Gasteiger partial charge >= 0.3 is 5.97 Å². The number of pyridine rings is 1. The Labute approximate surface area is 107 Å². The number of carbonyl (C=O) groups is 2. The third-order valence-corrected chi connectivity index (χ3v) is 3.13. The van der Waals surface area contributed by atoms with Gasteiger partial charge in [-0.1, -0.05) is 18.2 Å². The molecule has 0 saturated carbocycles. The summed E-state index contributed by atoms with van der Waals surface area (Å²) in [4.78, 5) is 22.6. The molecule has 94 valence electrons. The molecule has 0 fully saturated rings. The molecule has 3 rings (SSSR count). The Bertz CT molecular complexity index is 833. The second-order valence-corrected chi connectivity index (χ2v) is 4.23. The number of benzene rings is 1. The third kappa shape index (κ3) is 1.55. The molecule has 3 aromatic rings. The molecule has 0 saturated heterocycles. The molecule has 0 aliphatic rings. The maximum absolute atomic E-state index is 11.6. The fourth-order valence-corrected chi connectivity index (χ4v) is 2.32. The largest absolute Gasteiger partial charge is 0.478 e. The number of carbonyl (C=O) groups excluding carboxylic acids is 1. The molecule has 0 aliphatic heterocycles. The lowest BCUT2D eigenvalue weighted by Gasteiger charge is -2.00. The molecule has 0 aliphatic carbocycles. The summed E-state index contributed by atoms with van der Waals surface area (Å²) in [6.45, 7) is 0. The highest BCUT2D eigenvalue weighted by molar-refractivity contribution is 6.13. The highest BCUT2D eigenvalue weighted by Crippen LogP contribution is 2.26. The molecule has 5 nitrogen and oxygen atoms in total. The van der Waals surface area contributed by atoms with Crippen LogP contribution in [-0.2, 0) is 0 Å². The Hall–Kier alpha value is -2.82. The van der Waals surface area contributed by atoms with Crippen molar-refractivity contribution in [2.24, 2.45) is 5.73 Å². The first-order chi connectivity index (χ1) is 9.09. The van der Waals surface area contributed by atoms with Crippen LogP contribution in [0.5, 0.6) is 0 Å². The highest BCUT2D eigenvalue weighted by Gasteiger charge is 2.16. The van der Waals surface area contributed by atoms with Crippen molar-refractivity contribution >= 4 is 28.3 Å². The predicted octanol–water partition coefficient (Wildman–Crippen LogP) is 1.89. The smallest absolute Gasteiger partial charge is 0.337 e. The maximum Gasteiger partial charge on any atom is 0.337 e. The number of hydrogen-bond acceptors (Lipinski definition) is 2. The Kier molecular flexibility index (Phi) is 2.28. The van der Waals surface area contributed by atoms with E-state index in [2.05, 4.69) is 0 Å². The Morgan fingerprint density at radius 3 is 2.47 bits per heavy atom. The summed E-state index contributed by atoms with van der Waals surface area (Å²) < 4.78 is 1.68. The van der Waals surface area contributed by atoms with Gasteiger partial charge < -0.3 is 15.2 Å². The molecule has 5 heteroatoms. The van der Waals surface area contributed by atoms with Crippen molar-refractivity contribution in [3.63, 3.8) is 0 Å². The number of carboxylic acids is 1. The van der Waals surface area contributed by atoms with Crippen molar-refractivity contribution in [2.75, 3.05) is 0 Å². The van der Waals surface area contributed by atoms with Crippen LogP contribution in [0.2, 0.25) is 0 Å². The van der Waals surface area contributed by atoms with E-state index in [1.54, 1.807) is 16.5 Å². The van der Waals surface area contributed by atoms with E-state index in [1.165, 1.54) is 12.3 Å². The predicted molar refractivity (Wildman–Crippen MR) is 70.4 cm³/mol. The van der Waals surface area contributed by atoms with Crippen LogP contribution in [0.4, 0.5) is 0 Å². The van der Waals surface area contributed by atoms with Crippen molar-refractivity contribution in [3.05, 3.63) is 53.7 Å². The lowest BCUT2D eigenvalue weighted by atomic mass is 10.1. The first kappa shape index (κ1) is 11.3. The molecule has 2 aromatic heterocycles. The molecular formula is C14H10N2O3. The van der Waals surface area contributed by atoms with Gasteiger partial charge in [-0.15, -0.1) is 0 Å². The second-order valence-electron chi connectivity index (χ2n) is 4.23. The minimum Gasteiger partial charge on any atom is -0.478 e. The van der Waals surface area contributed by atoms with Gasteiger partial charge in [-0.25, -0.2) is 4.79 Å². The summed E-state index contributed by atoms with van der Waals surface area (Å²) in [7, 11) is 0. The average molecular weight is 254 g/mol. The molecule has 0 bridgehead atoms. The van der Waals surface area contributed by atoms with Crippen molar-refractivity contribution in [1.29, 1.82) is 0 Å². The zero-order valence-electron chi connectivity index (χ0n) is 9.83. The number of carboxylic acid groups (broad SMARTS) is 1. The van der Waals surface area contributed by atoms with E-state index in [0.717, 1.165) is 10.9 Å². The summed E-state index contributed by atoms with van der Waals surface area (Å²) in [5.41, 5.74) is 7.35. The number of rotatable bonds is 2. The number of hydrogen-bond donors (Lipinski definition) is 2. The fraction of sp³-hybridized carbons (Fsp3) is 0. The Morgan fingerprint density at radius 1 is 1.05 bits per heavy atom. The van der Waals surface area contributed by atoms with Gasteiger partial charge in [-0.3, -0.25) is 4.79 Å². The number of primary amides is 1. The molecule has 0 unspecified atom stereocenters. The summed E-state index contributed by atoms with van der Waals surface area (Å²) in [5, 5.41) is 9.75. The summed E-state index contributed by atoms with van der Waals surface area (Å²) in [6, 6.07) is 10.3. The van der Waals surface area contributed by atoms with Crippen LogP contribution in [0, 0.1) is 0 Å². The lowest BCUT2D eigenvalue weighted by Crippen LogP contribution is -2.10. The molecule has 0 spiro atoms. The lowest BCUT2D eigenvalue weighted by molar-refractivity contribution is 0.0696. The topological polar surface area (TPSA) is 84.8 Å². The van der Waals surface area contributed by atoms with E-state index in [9.17, 15) is 9.59 Å². The normalized spacial score (nSPS) is 10.9. The molecule has 19 heavy (non-hydrogen) atoms. The summed E-state index contributed by atoms with van der Waals surface area (Å²) in [6.07, 6.45) is 1.49. The quantitative estimate of drug-likeness (QED) is 0.732. The minimum absolute atomic E-state index is 0.157. The Balaban J connectivity index is 2.52. The van der Waals surface area contributed by atoms with Crippen LogP contribution >= 0.6 is 0 Å². The highest BCUT2D eigenvalue weighted by atomic mass is 16.4.